The van der Waals surface area contributed by atoms with Crippen LogP contribution in [0, 0.1) is 13.8 Å². The summed E-state index contributed by atoms with van der Waals surface area (Å²) >= 11 is 0. The number of nitrogens with zero attached hydrogens (tertiary/aromatic N) is 2. The van der Waals surface area contributed by atoms with Crippen molar-refractivity contribution in [2.75, 3.05) is 44.2 Å². The van der Waals surface area contributed by atoms with Gasteiger partial charge >= 0.3 is 11.9 Å². The summed E-state index contributed by atoms with van der Waals surface area (Å²) in [6, 6.07) is 15.8. The summed E-state index contributed by atoms with van der Waals surface area (Å²) in [5, 5.41) is 29.4. The highest BCUT2D eigenvalue weighted by atomic mass is 16.4. The Balaban J connectivity index is 0.000000550. The first-order chi connectivity index (χ1) is 18.1. The number of aryl methyl sites for hydroxylation is 2. The highest BCUT2D eigenvalue weighted by molar-refractivity contribution is 5.89. The van der Waals surface area contributed by atoms with Gasteiger partial charge in [0.15, 0.2) is 5.60 Å². The molecule has 4 N–H and O–H groups in total. The lowest BCUT2D eigenvalue weighted by atomic mass is 9.90. The summed E-state index contributed by atoms with van der Waals surface area (Å²) in [7, 11) is 0. The first-order valence-electron chi connectivity index (χ1n) is 12.8. The molecular formula is C29H39N3O6. The minimum atomic E-state index is -1.46. The van der Waals surface area contributed by atoms with Crippen LogP contribution in [-0.2, 0) is 20.0 Å². The Labute approximate surface area is 224 Å². The maximum atomic E-state index is 12.6. The summed E-state index contributed by atoms with van der Waals surface area (Å²) in [5.74, 6) is -2.82. The number of aliphatic carboxylic acids is 2. The zero-order valence-electron chi connectivity index (χ0n) is 22.4. The Kier molecular flexibility index (Phi) is 12.0. The summed E-state index contributed by atoms with van der Waals surface area (Å²) < 4.78 is 0. The number of hydrogen-bond acceptors (Lipinski definition) is 6. The SMILES string of the molecule is CCC(O)(C(=O)NCCCN1CCN(c2cc(C)ccc2C)CC1)c1ccccc1.O=C(O)/C=C/C(=O)O. The maximum absolute atomic E-state index is 12.6. The predicted octanol–water partition coefficient (Wildman–Crippen LogP) is 2.94. The fraction of sp³-hybridized carbons (Fsp3) is 0.414. The van der Waals surface area contributed by atoms with Crippen LogP contribution in [0.15, 0.2) is 60.7 Å². The van der Waals surface area contributed by atoms with E-state index in [2.05, 4.69) is 47.2 Å². The van der Waals surface area contributed by atoms with E-state index in [1.165, 1.54) is 16.8 Å². The Hall–Kier alpha value is -3.69. The van der Waals surface area contributed by atoms with Gasteiger partial charge in [-0.25, -0.2) is 9.59 Å². The number of carbonyl (C=O) groups excluding carboxylic acids is 1. The lowest BCUT2D eigenvalue weighted by molar-refractivity contribution is -0.141. The summed E-state index contributed by atoms with van der Waals surface area (Å²) in [6.07, 6.45) is 2.34. The summed E-state index contributed by atoms with van der Waals surface area (Å²) in [5.41, 5.74) is 3.17. The molecule has 1 heterocycles. The topological polar surface area (TPSA) is 130 Å². The lowest BCUT2D eigenvalue weighted by Crippen LogP contribution is -2.48. The van der Waals surface area contributed by atoms with Gasteiger partial charge in [-0.05, 0) is 56.0 Å². The number of carbonyl (C=O) groups is 3. The van der Waals surface area contributed by atoms with E-state index >= 15 is 0 Å². The van der Waals surface area contributed by atoms with Crippen LogP contribution in [0.5, 0.6) is 0 Å². The van der Waals surface area contributed by atoms with Crippen molar-refractivity contribution >= 4 is 23.5 Å². The molecule has 2 aromatic rings. The first-order valence-corrected chi connectivity index (χ1v) is 12.8. The average Bonchev–Trinajstić information content (AvgIpc) is 2.92. The number of nitrogens with one attached hydrogen (secondary N) is 1. The molecule has 206 valence electrons. The molecule has 9 heteroatoms. The molecule has 1 aliphatic heterocycles. The Morgan fingerprint density at radius 1 is 0.947 bits per heavy atom. The molecule has 0 aliphatic carbocycles. The van der Waals surface area contributed by atoms with Gasteiger partial charge in [-0.2, -0.15) is 0 Å². The molecule has 2 aromatic carbocycles. The third-order valence-electron chi connectivity index (χ3n) is 6.52. The van der Waals surface area contributed by atoms with Crippen LogP contribution in [0.3, 0.4) is 0 Å². The third-order valence-corrected chi connectivity index (χ3v) is 6.52. The number of carboxylic acids is 2. The largest absolute Gasteiger partial charge is 0.478 e. The predicted molar refractivity (Wildman–Crippen MR) is 147 cm³/mol. The Morgan fingerprint density at radius 2 is 1.55 bits per heavy atom. The minimum absolute atomic E-state index is 0.309. The second kappa shape index (κ2) is 14.9. The summed E-state index contributed by atoms with van der Waals surface area (Å²) in [4.78, 5) is 36.7. The van der Waals surface area contributed by atoms with Gasteiger partial charge in [0.05, 0.1) is 0 Å². The average molecular weight is 526 g/mol. The molecular weight excluding hydrogens is 486 g/mol. The van der Waals surface area contributed by atoms with Crippen LogP contribution in [-0.4, -0.2) is 77.3 Å². The van der Waals surface area contributed by atoms with Gasteiger partial charge in [0, 0.05) is 50.6 Å². The Morgan fingerprint density at radius 3 is 2.11 bits per heavy atom. The van der Waals surface area contributed by atoms with E-state index in [1.807, 2.05) is 25.1 Å². The molecule has 1 aliphatic rings. The molecule has 0 saturated carbocycles. The number of carboxylic acid groups (broad SMARTS) is 2. The van der Waals surface area contributed by atoms with Crippen LogP contribution in [0.4, 0.5) is 5.69 Å². The molecule has 0 radical (unpaired) electrons. The van der Waals surface area contributed by atoms with Crippen LogP contribution < -0.4 is 10.2 Å². The van der Waals surface area contributed by atoms with E-state index in [0.29, 0.717) is 30.7 Å². The summed E-state index contributed by atoms with van der Waals surface area (Å²) in [6.45, 7) is 11.8. The monoisotopic (exact) mass is 525 g/mol. The van der Waals surface area contributed by atoms with E-state index in [-0.39, 0.29) is 5.91 Å². The minimum Gasteiger partial charge on any atom is -0.478 e. The molecule has 1 fully saturated rings. The van der Waals surface area contributed by atoms with Gasteiger partial charge < -0.3 is 25.5 Å². The number of aliphatic hydroxyl groups is 1. The van der Waals surface area contributed by atoms with Gasteiger partial charge in [0.1, 0.15) is 0 Å². The smallest absolute Gasteiger partial charge is 0.328 e. The van der Waals surface area contributed by atoms with Crippen molar-refractivity contribution in [2.45, 2.75) is 39.2 Å². The molecule has 1 amide bonds. The molecule has 1 saturated heterocycles. The van der Waals surface area contributed by atoms with Crippen molar-refractivity contribution in [3.63, 3.8) is 0 Å². The lowest BCUT2D eigenvalue weighted by Gasteiger charge is -2.37. The Bertz CT molecular complexity index is 1080. The first kappa shape index (κ1) is 30.5. The van der Waals surface area contributed by atoms with Crippen molar-refractivity contribution in [3.8, 4) is 0 Å². The molecule has 3 rings (SSSR count). The number of rotatable bonds is 10. The quantitative estimate of drug-likeness (QED) is 0.275. The molecule has 0 bridgehead atoms. The van der Waals surface area contributed by atoms with Crippen molar-refractivity contribution < 1.29 is 29.7 Å². The van der Waals surface area contributed by atoms with Crippen molar-refractivity contribution in [3.05, 3.63) is 77.4 Å². The fourth-order valence-corrected chi connectivity index (χ4v) is 4.28. The van der Waals surface area contributed by atoms with Gasteiger partial charge in [0.25, 0.3) is 5.91 Å². The van der Waals surface area contributed by atoms with Crippen LogP contribution >= 0.6 is 0 Å². The van der Waals surface area contributed by atoms with Crippen molar-refractivity contribution in [1.82, 2.24) is 10.2 Å². The molecule has 1 atom stereocenters. The van der Waals surface area contributed by atoms with Crippen LogP contribution in [0.1, 0.15) is 36.5 Å². The third kappa shape index (κ3) is 9.32. The molecule has 1 unspecified atom stereocenters. The maximum Gasteiger partial charge on any atom is 0.328 e. The number of amides is 1. The van der Waals surface area contributed by atoms with Gasteiger partial charge in [0.2, 0.25) is 0 Å². The van der Waals surface area contributed by atoms with Gasteiger partial charge in [-0.15, -0.1) is 0 Å². The zero-order valence-corrected chi connectivity index (χ0v) is 22.4. The second-order valence-electron chi connectivity index (χ2n) is 9.32. The van der Waals surface area contributed by atoms with Crippen molar-refractivity contribution in [2.24, 2.45) is 0 Å². The van der Waals surface area contributed by atoms with Gasteiger partial charge in [-0.1, -0.05) is 49.4 Å². The van der Waals surface area contributed by atoms with E-state index in [9.17, 15) is 19.5 Å². The number of piperazine rings is 1. The zero-order chi connectivity index (χ0) is 28.1. The molecule has 0 spiro atoms. The normalized spacial score (nSPS) is 15.3. The number of benzene rings is 2. The number of hydrogen-bond donors (Lipinski definition) is 4. The standard InChI is InChI=1S/C25H35N3O2.C4H4O4/c1-4-25(30,22-9-6-5-7-10-22)24(29)26-13-8-14-27-15-17-28(18-16-27)23-19-20(2)11-12-21(23)3;5-3(6)1-2-4(7)8/h5-7,9-12,19,30H,4,8,13-18H2,1-3H3,(H,26,29);1-2H,(H,5,6)(H,7,8)/b;2-1+. The molecule has 9 nitrogen and oxygen atoms in total. The van der Waals surface area contributed by atoms with Gasteiger partial charge in [-0.3, -0.25) is 9.69 Å². The van der Waals surface area contributed by atoms with E-state index in [1.54, 1.807) is 12.1 Å². The number of anilines is 1. The van der Waals surface area contributed by atoms with Crippen molar-refractivity contribution in [1.29, 1.82) is 0 Å². The fourth-order valence-electron chi connectivity index (χ4n) is 4.28. The van der Waals surface area contributed by atoms with E-state index in [4.69, 9.17) is 10.2 Å². The van der Waals surface area contributed by atoms with Crippen LogP contribution in [0.2, 0.25) is 0 Å². The molecule has 38 heavy (non-hydrogen) atoms. The molecule has 0 aromatic heterocycles. The van der Waals surface area contributed by atoms with E-state index in [0.717, 1.165) is 39.1 Å². The van der Waals surface area contributed by atoms with E-state index < -0.39 is 17.5 Å². The highest BCUT2D eigenvalue weighted by Gasteiger charge is 2.35. The second-order valence-corrected chi connectivity index (χ2v) is 9.32. The highest BCUT2D eigenvalue weighted by Crippen LogP contribution is 2.25. The van der Waals surface area contributed by atoms with Crippen LogP contribution in [0.25, 0.3) is 0 Å².